The fourth-order valence-electron chi connectivity index (χ4n) is 6.32. The molecule has 0 amide bonds. The number of aliphatic hydroxyl groups is 1. The summed E-state index contributed by atoms with van der Waals surface area (Å²) in [5.74, 6) is 3.08. The molecule has 1 heterocycles. The third-order valence-electron chi connectivity index (χ3n) is 9.01. The molecule has 52 heavy (non-hydrogen) atoms. The minimum Gasteiger partial charge on any atom is -0.488 e. The number of aliphatic hydroxyl groups excluding tert-OH is 1. The van der Waals surface area contributed by atoms with E-state index in [0.717, 1.165) is 38.9 Å². The minimum atomic E-state index is -0.864. The Labute approximate surface area is 305 Å². The first kappa shape index (κ1) is 34.5. The molecule has 7 rings (SSSR count). The summed E-state index contributed by atoms with van der Waals surface area (Å²) in [6, 6.07) is 47.7. The zero-order chi connectivity index (χ0) is 35.5. The molecule has 0 aromatic heterocycles. The van der Waals surface area contributed by atoms with E-state index in [1.165, 1.54) is 0 Å². The number of rotatable bonds is 15. The minimum absolute atomic E-state index is 0.319. The van der Waals surface area contributed by atoms with Crippen molar-refractivity contribution in [3.8, 4) is 28.7 Å². The monoisotopic (exact) mass is 690 g/mol. The van der Waals surface area contributed by atoms with Gasteiger partial charge in [0.25, 0.3) is 0 Å². The fourth-order valence-corrected chi connectivity index (χ4v) is 6.32. The quantitative estimate of drug-likeness (QED) is 0.108. The molecule has 0 bridgehead atoms. The van der Waals surface area contributed by atoms with Crippen molar-refractivity contribution in [1.82, 2.24) is 0 Å². The zero-order valence-corrected chi connectivity index (χ0v) is 29.0. The van der Waals surface area contributed by atoms with Gasteiger partial charge in [-0.05, 0) is 46.4 Å². The molecule has 0 radical (unpaired) electrons. The molecule has 0 spiro atoms. The van der Waals surface area contributed by atoms with Crippen LogP contribution in [-0.2, 0) is 39.3 Å². The lowest BCUT2D eigenvalue weighted by molar-refractivity contribution is 0.0186. The van der Waals surface area contributed by atoms with Gasteiger partial charge in [0.05, 0.1) is 6.10 Å². The summed E-state index contributed by atoms with van der Waals surface area (Å²) in [7, 11) is 0. The van der Waals surface area contributed by atoms with Crippen molar-refractivity contribution in [1.29, 1.82) is 0 Å². The Morgan fingerprint density at radius 3 is 1.52 bits per heavy atom. The van der Waals surface area contributed by atoms with E-state index in [2.05, 4.69) is 6.58 Å². The summed E-state index contributed by atoms with van der Waals surface area (Å²) >= 11 is 0. The number of allylic oxidation sites excluding steroid dienone is 1. The molecule has 6 aromatic rings. The van der Waals surface area contributed by atoms with Gasteiger partial charge >= 0.3 is 0 Å². The van der Waals surface area contributed by atoms with E-state index in [9.17, 15) is 5.11 Å². The van der Waals surface area contributed by atoms with E-state index in [4.69, 9.17) is 23.7 Å². The molecule has 6 nitrogen and oxygen atoms in total. The maximum atomic E-state index is 11.7. The zero-order valence-electron chi connectivity index (χ0n) is 29.0. The van der Waals surface area contributed by atoms with Gasteiger partial charge in [-0.1, -0.05) is 133 Å². The van der Waals surface area contributed by atoms with E-state index in [1.807, 2.05) is 152 Å². The number of ether oxygens (including phenoxy) is 5. The van der Waals surface area contributed by atoms with Crippen molar-refractivity contribution in [2.75, 3.05) is 0 Å². The molecule has 6 aromatic carbocycles. The van der Waals surface area contributed by atoms with Gasteiger partial charge in [0.1, 0.15) is 49.8 Å². The van der Waals surface area contributed by atoms with Crippen molar-refractivity contribution < 1.29 is 28.8 Å². The van der Waals surface area contributed by atoms with Crippen molar-refractivity contribution >= 4 is 0 Å². The molecule has 1 N–H and O–H groups in total. The third kappa shape index (κ3) is 8.48. The maximum Gasteiger partial charge on any atom is 0.162 e. The first-order valence-electron chi connectivity index (χ1n) is 17.6. The average molecular weight is 691 g/mol. The highest BCUT2D eigenvalue weighted by Crippen LogP contribution is 2.47. The van der Waals surface area contributed by atoms with Crippen LogP contribution >= 0.6 is 0 Å². The number of hydrogen-bond acceptors (Lipinski definition) is 6. The van der Waals surface area contributed by atoms with Crippen molar-refractivity contribution in [2.24, 2.45) is 0 Å². The molecule has 0 fully saturated rings. The molecular formula is C46H42O6. The maximum absolute atomic E-state index is 11.7. The number of benzene rings is 6. The number of fused-ring (bicyclic) bond motifs is 1. The Bertz CT molecular complexity index is 2050. The van der Waals surface area contributed by atoms with Gasteiger partial charge < -0.3 is 28.8 Å². The predicted octanol–water partition coefficient (Wildman–Crippen LogP) is 9.77. The van der Waals surface area contributed by atoms with E-state index < -0.39 is 12.2 Å². The largest absolute Gasteiger partial charge is 0.488 e. The van der Waals surface area contributed by atoms with Crippen LogP contribution in [0.2, 0.25) is 0 Å². The molecular weight excluding hydrogens is 649 g/mol. The van der Waals surface area contributed by atoms with Crippen LogP contribution in [0.15, 0.2) is 158 Å². The summed E-state index contributed by atoms with van der Waals surface area (Å²) in [6.07, 6.45) is 1.11. The van der Waals surface area contributed by atoms with Gasteiger partial charge in [0, 0.05) is 23.6 Å². The second-order valence-corrected chi connectivity index (χ2v) is 12.8. The van der Waals surface area contributed by atoms with E-state index in [-0.39, 0.29) is 0 Å². The van der Waals surface area contributed by atoms with Crippen LogP contribution in [0.4, 0.5) is 0 Å². The van der Waals surface area contributed by atoms with E-state index in [0.29, 0.717) is 68.0 Å². The van der Waals surface area contributed by atoms with E-state index >= 15 is 0 Å². The lowest BCUT2D eigenvalue weighted by Crippen LogP contribution is -2.31. The fraction of sp³-hybridized carbons (Fsp3) is 0.174. The Morgan fingerprint density at radius 1 is 0.558 bits per heavy atom. The van der Waals surface area contributed by atoms with Crippen molar-refractivity contribution in [3.63, 3.8) is 0 Å². The molecule has 2 atom stereocenters. The van der Waals surface area contributed by atoms with E-state index in [1.54, 1.807) is 0 Å². The Hall–Kier alpha value is -5.98. The summed E-state index contributed by atoms with van der Waals surface area (Å²) in [6.45, 7) is 5.52. The van der Waals surface area contributed by atoms with Gasteiger partial charge in [0.15, 0.2) is 11.5 Å². The highest BCUT2D eigenvalue weighted by atomic mass is 16.5. The Kier molecular flexibility index (Phi) is 11.1. The number of hydrogen-bond donors (Lipinski definition) is 1. The summed E-state index contributed by atoms with van der Waals surface area (Å²) in [4.78, 5) is 0. The lowest BCUT2D eigenvalue weighted by Gasteiger charge is -2.34. The molecule has 0 aliphatic carbocycles. The van der Waals surface area contributed by atoms with Crippen LogP contribution in [0, 0.1) is 0 Å². The van der Waals surface area contributed by atoms with Gasteiger partial charge in [-0.3, -0.25) is 0 Å². The van der Waals surface area contributed by atoms with Crippen LogP contribution in [0.3, 0.4) is 0 Å². The van der Waals surface area contributed by atoms with Crippen molar-refractivity contribution in [2.45, 2.75) is 51.5 Å². The summed E-state index contributed by atoms with van der Waals surface area (Å²) < 4.78 is 32.4. The smallest absolute Gasteiger partial charge is 0.162 e. The lowest BCUT2D eigenvalue weighted by atomic mass is 9.91. The standard InChI is InChI=1S/C46H42O6/c1-2-15-38-42(49-30-34-18-9-4-10-19-34)28-43(50-31-35-20-11-5-12-21-35)39-27-40(47)45(52-46(38)39)37-24-25-41(48-29-33-16-7-3-8-17-33)44(26-37)51-32-36-22-13-6-14-23-36/h2-14,16-26,28,40,45,47H,1,15,27,29-32H2/t40-,45-/m1/s1. The molecule has 0 saturated heterocycles. The van der Waals surface area contributed by atoms with Gasteiger partial charge in [-0.15, -0.1) is 6.58 Å². The highest BCUT2D eigenvalue weighted by molar-refractivity contribution is 5.60. The van der Waals surface area contributed by atoms with Crippen LogP contribution in [-0.4, -0.2) is 11.2 Å². The van der Waals surface area contributed by atoms with Gasteiger partial charge in [-0.2, -0.15) is 0 Å². The average Bonchev–Trinajstić information content (AvgIpc) is 3.20. The Morgan fingerprint density at radius 2 is 1.02 bits per heavy atom. The molecule has 6 heteroatoms. The molecule has 1 aliphatic rings. The molecule has 0 unspecified atom stereocenters. The van der Waals surface area contributed by atoms with Crippen LogP contribution in [0.5, 0.6) is 28.7 Å². The Balaban J connectivity index is 1.22. The first-order valence-corrected chi connectivity index (χ1v) is 17.6. The van der Waals surface area contributed by atoms with Crippen LogP contribution < -0.4 is 23.7 Å². The summed E-state index contributed by atoms with van der Waals surface area (Å²) in [5, 5.41) is 11.7. The molecule has 1 aliphatic heterocycles. The van der Waals surface area contributed by atoms with Gasteiger partial charge in [0.2, 0.25) is 0 Å². The molecule has 262 valence electrons. The summed E-state index contributed by atoms with van der Waals surface area (Å²) in [5.41, 5.74) is 6.58. The first-order chi connectivity index (χ1) is 25.6. The van der Waals surface area contributed by atoms with Crippen molar-refractivity contribution in [3.05, 3.63) is 197 Å². The van der Waals surface area contributed by atoms with Gasteiger partial charge in [-0.25, -0.2) is 0 Å². The highest BCUT2D eigenvalue weighted by Gasteiger charge is 2.35. The second-order valence-electron chi connectivity index (χ2n) is 12.8. The normalized spacial score (nSPS) is 14.8. The SMILES string of the molecule is C=CCc1c(OCc2ccccc2)cc(OCc2ccccc2)c2c1O[C@H](c1ccc(OCc3ccccc3)c(OCc3ccccc3)c1)[C@H](O)C2. The molecule has 0 saturated carbocycles. The van der Waals surface area contributed by atoms with Crippen LogP contribution in [0.25, 0.3) is 0 Å². The predicted molar refractivity (Wildman–Crippen MR) is 203 cm³/mol. The van der Waals surface area contributed by atoms with Crippen LogP contribution in [0.1, 0.15) is 45.0 Å². The second kappa shape index (κ2) is 16.8. The topological polar surface area (TPSA) is 66.4 Å². The third-order valence-corrected chi connectivity index (χ3v) is 9.01.